The Morgan fingerprint density at radius 3 is 2.54 bits per heavy atom. The van der Waals surface area contributed by atoms with Crippen LogP contribution in [0.15, 0.2) is 18.2 Å². The molecule has 6 heteroatoms. The lowest BCUT2D eigenvalue weighted by Gasteiger charge is -2.24. The predicted octanol–water partition coefficient (Wildman–Crippen LogP) is 3.15. The second-order valence-corrected chi connectivity index (χ2v) is 8.39. The third-order valence-electron chi connectivity index (χ3n) is 3.93. The van der Waals surface area contributed by atoms with E-state index in [1.54, 1.807) is 0 Å². The molecule has 1 amide bonds. The summed E-state index contributed by atoms with van der Waals surface area (Å²) in [7, 11) is -3.39. The van der Waals surface area contributed by atoms with Crippen molar-refractivity contribution in [2.24, 2.45) is 0 Å². The van der Waals surface area contributed by atoms with Gasteiger partial charge < -0.3 is 5.32 Å². The minimum absolute atomic E-state index is 0.0228. The van der Waals surface area contributed by atoms with Crippen molar-refractivity contribution in [3.8, 4) is 0 Å². The molecular formula is C18H30N2O3S. The number of nitrogens with zero attached hydrogens (tertiary/aromatic N) is 1. The van der Waals surface area contributed by atoms with Gasteiger partial charge in [-0.2, -0.15) is 0 Å². The van der Waals surface area contributed by atoms with Crippen LogP contribution in [0.2, 0.25) is 0 Å². The zero-order chi connectivity index (χ0) is 18.3. The van der Waals surface area contributed by atoms with Crippen molar-refractivity contribution in [1.82, 2.24) is 5.32 Å². The number of aryl methyl sites for hydroxylation is 2. The van der Waals surface area contributed by atoms with E-state index in [-0.39, 0.29) is 11.9 Å². The molecule has 1 aromatic rings. The summed E-state index contributed by atoms with van der Waals surface area (Å²) in [4.78, 5) is 11.9. The van der Waals surface area contributed by atoms with E-state index in [1.807, 2.05) is 39.0 Å². The molecule has 0 saturated carbocycles. The quantitative estimate of drug-likeness (QED) is 0.741. The standard InChI is InChI=1S/C18H30N2O3S/c1-6-8-16(4)19-18(21)9-7-12-20(24(5,22)23)17-13-14(2)10-11-15(17)3/h10-11,13,16H,6-9,12H2,1-5H3,(H,19,21)/t16-/m1/s1. The van der Waals surface area contributed by atoms with Gasteiger partial charge in [0.25, 0.3) is 0 Å². The molecule has 0 aliphatic heterocycles. The van der Waals surface area contributed by atoms with Gasteiger partial charge in [0.2, 0.25) is 15.9 Å². The van der Waals surface area contributed by atoms with Gasteiger partial charge >= 0.3 is 0 Å². The second kappa shape index (κ2) is 9.06. The maximum atomic E-state index is 12.2. The minimum Gasteiger partial charge on any atom is -0.354 e. The first-order valence-corrected chi connectivity index (χ1v) is 10.3. The van der Waals surface area contributed by atoms with Crippen LogP contribution < -0.4 is 9.62 Å². The highest BCUT2D eigenvalue weighted by atomic mass is 32.2. The molecular weight excluding hydrogens is 324 g/mol. The van der Waals surface area contributed by atoms with Crippen molar-refractivity contribution in [1.29, 1.82) is 0 Å². The normalized spacial score (nSPS) is 12.7. The van der Waals surface area contributed by atoms with Crippen LogP contribution in [-0.2, 0) is 14.8 Å². The Morgan fingerprint density at radius 2 is 1.96 bits per heavy atom. The van der Waals surface area contributed by atoms with Gasteiger partial charge in [-0.1, -0.05) is 25.5 Å². The van der Waals surface area contributed by atoms with Crippen LogP contribution in [0.1, 0.15) is 50.7 Å². The Hall–Kier alpha value is -1.56. The summed E-state index contributed by atoms with van der Waals surface area (Å²) in [5.74, 6) is -0.0228. The van der Waals surface area contributed by atoms with E-state index in [0.717, 1.165) is 24.0 Å². The zero-order valence-electron chi connectivity index (χ0n) is 15.4. The zero-order valence-corrected chi connectivity index (χ0v) is 16.2. The third-order valence-corrected chi connectivity index (χ3v) is 5.11. The fraction of sp³-hybridized carbons (Fsp3) is 0.611. The Balaban J connectivity index is 2.73. The number of carbonyl (C=O) groups excluding carboxylic acids is 1. The fourth-order valence-electron chi connectivity index (χ4n) is 2.69. The van der Waals surface area contributed by atoms with Gasteiger partial charge in [0.15, 0.2) is 0 Å². The largest absolute Gasteiger partial charge is 0.354 e. The average Bonchev–Trinajstić information content (AvgIpc) is 2.45. The summed E-state index contributed by atoms with van der Waals surface area (Å²) >= 11 is 0. The number of rotatable bonds is 9. The van der Waals surface area contributed by atoms with Gasteiger partial charge in [0.1, 0.15) is 0 Å². The van der Waals surface area contributed by atoms with E-state index in [2.05, 4.69) is 12.2 Å². The average molecular weight is 355 g/mol. The molecule has 0 spiro atoms. The predicted molar refractivity (Wildman–Crippen MR) is 99.9 cm³/mol. The van der Waals surface area contributed by atoms with Gasteiger partial charge in [-0.15, -0.1) is 0 Å². The maximum Gasteiger partial charge on any atom is 0.232 e. The van der Waals surface area contributed by atoms with Gasteiger partial charge in [0, 0.05) is 19.0 Å². The highest BCUT2D eigenvalue weighted by Gasteiger charge is 2.19. The summed E-state index contributed by atoms with van der Waals surface area (Å²) in [5, 5.41) is 2.95. The summed E-state index contributed by atoms with van der Waals surface area (Å²) in [6.45, 7) is 8.20. The lowest BCUT2D eigenvalue weighted by Crippen LogP contribution is -2.34. The number of amides is 1. The summed E-state index contributed by atoms with van der Waals surface area (Å²) < 4.78 is 25.7. The van der Waals surface area contributed by atoms with Crippen LogP contribution in [0.3, 0.4) is 0 Å². The summed E-state index contributed by atoms with van der Waals surface area (Å²) in [5.41, 5.74) is 2.61. The number of hydrogen-bond acceptors (Lipinski definition) is 3. The number of anilines is 1. The number of hydrogen-bond donors (Lipinski definition) is 1. The van der Waals surface area contributed by atoms with Gasteiger partial charge in [-0.3, -0.25) is 9.10 Å². The molecule has 0 saturated heterocycles. The van der Waals surface area contributed by atoms with E-state index >= 15 is 0 Å². The molecule has 0 aliphatic carbocycles. The van der Waals surface area contributed by atoms with Crippen molar-refractivity contribution in [3.05, 3.63) is 29.3 Å². The third kappa shape index (κ3) is 6.51. The monoisotopic (exact) mass is 354 g/mol. The molecule has 1 N–H and O–H groups in total. The lowest BCUT2D eigenvalue weighted by atomic mass is 10.1. The van der Waals surface area contributed by atoms with Crippen LogP contribution in [0.4, 0.5) is 5.69 Å². The van der Waals surface area contributed by atoms with Gasteiger partial charge in [-0.05, 0) is 50.8 Å². The Bertz CT molecular complexity index is 656. The molecule has 1 atom stereocenters. The number of nitrogens with one attached hydrogen (secondary N) is 1. The summed E-state index contributed by atoms with van der Waals surface area (Å²) in [6, 6.07) is 5.91. The highest BCUT2D eigenvalue weighted by Crippen LogP contribution is 2.24. The molecule has 0 aliphatic rings. The maximum absolute atomic E-state index is 12.2. The molecule has 24 heavy (non-hydrogen) atoms. The van der Waals surface area contributed by atoms with Crippen LogP contribution in [0.25, 0.3) is 0 Å². The Labute approximate surface area is 146 Å². The number of sulfonamides is 1. The van der Waals surface area contributed by atoms with E-state index in [0.29, 0.717) is 25.1 Å². The SMILES string of the molecule is CCC[C@@H](C)NC(=O)CCCN(c1cc(C)ccc1C)S(C)(=O)=O. The van der Waals surface area contributed by atoms with E-state index < -0.39 is 10.0 Å². The minimum atomic E-state index is -3.39. The molecule has 1 rings (SSSR count). The molecule has 0 fully saturated rings. The molecule has 0 bridgehead atoms. The molecule has 0 aromatic heterocycles. The second-order valence-electron chi connectivity index (χ2n) is 6.49. The van der Waals surface area contributed by atoms with Gasteiger partial charge in [-0.25, -0.2) is 8.42 Å². The van der Waals surface area contributed by atoms with Crippen LogP contribution in [0, 0.1) is 13.8 Å². The molecule has 0 radical (unpaired) electrons. The smallest absolute Gasteiger partial charge is 0.232 e. The first-order chi connectivity index (χ1) is 11.1. The van der Waals surface area contributed by atoms with E-state index in [9.17, 15) is 13.2 Å². The summed E-state index contributed by atoms with van der Waals surface area (Å²) in [6.07, 6.45) is 3.99. The van der Waals surface area contributed by atoms with Crippen LogP contribution in [-0.4, -0.2) is 33.2 Å². The number of benzene rings is 1. The highest BCUT2D eigenvalue weighted by molar-refractivity contribution is 7.92. The van der Waals surface area contributed by atoms with Crippen molar-refractivity contribution in [2.75, 3.05) is 17.1 Å². The Morgan fingerprint density at radius 1 is 1.29 bits per heavy atom. The molecule has 0 heterocycles. The molecule has 5 nitrogen and oxygen atoms in total. The molecule has 0 unspecified atom stereocenters. The van der Waals surface area contributed by atoms with Crippen molar-refractivity contribution < 1.29 is 13.2 Å². The number of carbonyl (C=O) groups is 1. The molecule has 1 aromatic carbocycles. The van der Waals surface area contributed by atoms with Crippen LogP contribution in [0.5, 0.6) is 0 Å². The molecule has 136 valence electrons. The first kappa shape index (κ1) is 20.5. The topological polar surface area (TPSA) is 66.5 Å². The Kier molecular flexibility index (Phi) is 7.73. The van der Waals surface area contributed by atoms with E-state index in [4.69, 9.17) is 0 Å². The fourth-order valence-corrected chi connectivity index (χ4v) is 3.70. The van der Waals surface area contributed by atoms with Crippen LogP contribution >= 0.6 is 0 Å². The van der Waals surface area contributed by atoms with Crippen molar-refractivity contribution >= 4 is 21.6 Å². The van der Waals surface area contributed by atoms with Crippen molar-refractivity contribution in [3.63, 3.8) is 0 Å². The first-order valence-electron chi connectivity index (χ1n) is 8.49. The van der Waals surface area contributed by atoms with E-state index in [1.165, 1.54) is 10.6 Å². The lowest BCUT2D eigenvalue weighted by molar-refractivity contribution is -0.121. The van der Waals surface area contributed by atoms with Gasteiger partial charge in [0.05, 0.1) is 11.9 Å². The van der Waals surface area contributed by atoms with Crippen molar-refractivity contribution in [2.45, 2.75) is 59.4 Å².